The van der Waals surface area contributed by atoms with Gasteiger partial charge in [-0.2, -0.15) is 9.94 Å². The van der Waals surface area contributed by atoms with Crippen molar-refractivity contribution in [1.82, 2.24) is 14.8 Å². The van der Waals surface area contributed by atoms with Crippen LogP contribution >= 0.6 is 23.2 Å². The predicted octanol–water partition coefficient (Wildman–Crippen LogP) is 7.81. The van der Waals surface area contributed by atoms with Crippen molar-refractivity contribution in [2.24, 2.45) is 5.73 Å². The predicted molar refractivity (Wildman–Crippen MR) is 167 cm³/mol. The Morgan fingerprint density at radius 1 is 1.12 bits per heavy atom. The summed E-state index contributed by atoms with van der Waals surface area (Å²) in [5.74, 6) is 0.692. The molecule has 0 aliphatic carbocycles. The van der Waals surface area contributed by atoms with Crippen LogP contribution in [-0.4, -0.2) is 20.8 Å². The minimum atomic E-state index is -0.879. The number of aromatic nitrogens is 3. The van der Waals surface area contributed by atoms with E-state index in [1.54, 1.807) is 12.1 Å². The third-order valence-corrected chi connectivity index (χ3v) is 5.51. The van der Waals surface area contributed by atoms with Crippen LogP contribution in [0.5, 0.6) is 11.5 Å². The smallest absolute Gasteiger partial charge is 0.349 e. The zero-order chi connectivity index (χ0) is 31.0. The number of aryl methyl sites for hydroxylation is 1. The molecule has 0 amide bonds. The van der Waals surface area contributed by atoms with Gasteiger partial charge in [-0.3, -0.25) is 9.78 Å². The first-order valence-electron chi connectivity index (χ1n) is 13.4. The molecule has 1 atom stereocenters. The minimum absolute atomic E-state index is 0.0445. The first-order valence-corrected chi connectivity index (χ1v) is 14.2. The van der Waals surface area contributed by atoms with E-state index in [1.807, 2.05) is 71.7 Å². The molecule has 0 saturated carbocycles. The maximum absolute atomic E-state index is 12.1. The molecular weight excluding hydrogens is 549 g/mol. The topological polar surface area (TPSA) is 127 Å². The van der Waals surface area contributed by atoms with Crippen LogP contribution in [0, 0.1) is 18.3 Å². The molecule has 0 radical (unpaired) electrons. The molecule has 3 N–H and O–H groups in total. The summed E-state index contributed by atoms with van der Waals surface area (Å²) in [5.41, 5.74) is 7.09. The van der Waals surface area contributed by atoms with Gasteiger partial charge in [-0.05, 0) is 61.2 Å². The Labute approximate surface area is 247 Å². The second-order valence-electron chi connectivity index (χ2n) is 8.08. The van der Waals surface area contributed by atoms with E-state index >= 15 is 0 Å². The molecule has 0 aliphatic heterocycles. The van der Waals surface area contributed by atoms with Crippen molar-refractivity contribution in [2.75, 3.05) is 0 Å². The Kier molecular flexibility index (Phi) is 17.2. The summed E-state index contributed by atoms with van der Waals surface area (Å²) in [6.07, 6.45) is 4.08. The Hall–Kier alpha value is -3.38. The molecular formula is C30H41Cl2N5O3. The van der Waals surface area contributed by atoms with Gasteiger partial charge < -0.3 is 10.5 Å². The number of hydrogen-bond acceptors (Lipinski definition) is 6. The summed E-state index contributed by atoms with van der Waals surface area (Å²) in [6.45, 7) is 18.3. The molecule has 3 rings (SSSR count). The van der Waals surface area contributed by atoms with Crippen molar-refractivity contribution in [3.05, 3.63) is 84.1 Å². The number of allylic oxidation sites excluding steroid dienone is 1. The number of aromatic amines is 1. The fourth-order valence-electron chi connectivity index (χ4n) is 3.15. The number of nitrogens with two attached hydrogens (primary N) is 1. The SMILES string of the molecule is CC.CC.CCC.CCC(N)/C=C(/C)c1cc(Oc2c(Cl)cc(-n3nc(C#N)c(=O)[nH]c3=O)cc2Cl)ccc1C. The second kappa shape index (κ2) is 18.8. The van der Waals surface area contributed by atoms with Crippen LogP contribution in [0.15, 0.2) is 46.0 Å². The summed E-state index contributed by atoms with van der Waals surface area (Å²) >= 11 is 12.8. The van der Waals surface area contributed by atoms with Crippen LogP contribution < -0.4 is 21.7 Å². The molecule has 0 aliphatic rings. The molecule has 0 spiro atoms. The third kappa shape index (κ3) is 10.3. The highest BCUT2D eigenvalue weighted by atomic mass is 35.5. The number of nitriles is 1. The molecule has 2 aromatic carbocycles. The number of nitrogens with one attached hydrogen (secondary N) is 1. The van der Waals surface area contributed by atoms with Gasteiger partial charge in [0, 0.05) is 6.04 Å². The Morgan fingerprint density at radius 3 is 2.17 bits per heavy atom. The Morgan fingerprint density at radius 2 is 1.68 bits per heavy atom. The highest BCUT2D eigenvalue weighted by molar-refractivity contribution is 6.37. The van der Waals surface area contributed by atoms with E-state index in [-0.39, 0.29) is 27.5 Å². The normalized spacial score (nSPS) is 10.9. The highest BCUT2D eigenvalue weighted by Crippen LogP contribution is 2.39. The quantitative estimate of drug-likeness (QED) is 0.302. The average Bonchev–Trinajstić information content (AvgIpc) is 2.94. The van der Waals surface area contributed by atoms with E-state index < -0.39 is 16.9 Å². The lowest BCUT2D eigenvalue weighted by Gasteiger charge is -2.15. The number of rotatable bonds is 6. The minimum Gasteiger partial charge on any atom is -0.454 e. The van der Waals surface area contributed by atoms with Gasteiger partial charge in [-0.15, -0.1) is 5.10 Å². The number of benzene rings is 2. The average molecular weight is 591 g/mol. The first-order chi connectivity index (χ1) is 19.1. The van der Waals surface area contributed by atoms with Gasteiger partial charge in [0.1, 0.15) is 11.8 Å². The van der Waals surface area contributed by atoms with Crippen LogP contribution in [0.2, 0.25) is 10.0 Å². The maximum Gasteiger partial charge on any atom is 0.349 e. The zero-order valence-corrected chi connectivity index (χ0v) is 26.4. The summed E-state index contributed by atoms with van der Waals surface area (Å²) in [4.78, 5) is 25.8. The maximum atomic E-state index is 12.1. The van der Waals surface area contributed by atoms with Gasteiger partial charge in [-0.1, -0.05) is 90.2 Å². The van der Waals surface area contributed by atoms with Gasteiger partial charge >= 0.3 is 5.69 Å². The molecule has 40 heavy (non-hydrogen) atoms. The lowest BCUT2D eigenvalue weighted by molar-refractivity contribution is 0.482. The van der Waals surface area contributed by atoms with E-state index in [2.05, 4.69) is 18.9 Å². The lowest BCUT2D eigenvalue weighted by Crippen LogP contribution is -2.33. The van der Waals surface area contributed by atoms with Gasteiger partial charge in [0.2, 0.25) is 5.69 Å². The summed E-state index contributed by atoms with van der Waals surface area (Å²) in [7, 11) is 0. The molecule has 0 bridgehead atoms. The van der Waals surface area contributed by atoms with E-state index in [1.165, 1.54) is 18.6 Å². The fourth-order valence-corrected chi connectivity index (χ4v) is 3.70. The number of halogens is 2. The number of nitrogens with zero attached hydrogens (tertiary/aromatic N) is 3. The molecule has 8 nitrogen and oxygen atoms in total. The molecule has 1 aromatic heterocycles. The second-order valence-corrected chi connectivity index (χ2v) is 8.89. The fraction of sp³-hybridized carbons (Fsp3) is 0.400. The zero-order valence-electron chi connectivity index (χ0n) is 24.9. The van der Waals surface area contributed by atoms with Gasteiger partial charge in [-0.25, -0.2) is 4.79 Å². The van der Waals surface area contributed by atoms with Crippen LogP contribution in [0.25, 0.3) is 11.3 Å². The lowest BCUT2D eigenvalue weighted by atomic mass is 9.99. The molecule has 1 unspecified atom stereocenters. The summed E-state index contributed by atoms with van der Waals surface area (Å²) < 4.78 is 6.79. The molecule has 218 valence electrons. The molecule has 3 aromatic rings. The van der Waals surface area contributed by atoms with Crippen molar-refractivity contribution in [2.45, 2.75) is 81.2 Å². The standard InChI is InChI=1S/C23H21Cl2N5O3.C3H8.2C2H6/c1-4-14(27)7-13(3)17-10-16(6-5-12(17)2)33-21-18(24)8-15(9-19(21)25)30-23(32)28-22(31)20(11-26)29-30;1-3-2;2*1-2/h5-10,14H,4,27H2,1-3H3,(H,28,31,32);3H2,1-2H3;2*1-2H3/b13-7-;;;. The monoisotopic (exact) mass is 589 g/mol. The van der Waals surface area contributed by atoms with E-state index in [0.29, 0.717) is 5.75 Å². The van der Waals surface area contributed by atoms with Crippen LogP contribution in [0.3, 0.4) is 0 Å². The highest BCUT2D eigenvalue weighted by Gasteiger charge is 2.16. The van der Waals surface area contributed by atoms with Gasteiger partial charge in [0.25, 0.3) is 5.56 Å². The Bertz CT molecular complexity index is 1400. The van der Waals surface area contributed by atoms with Crippen molar-refractivity contribution in [3.63, 3.8) is 0 Å². The van der Waals surface area contributed by atoms with Crippen molar-refractivity contribution < 1.29 is 4.74 Å². The van der Waals surface area contributed by atoms with Gasteiger partial charge in [0.05, 0.1) is 15.7 Å². The number of hydrogen-bond donors (Lipinski definition) is 2. The van der Waals surface area contributed by atoms with Crippen LogP contribution in [0.4, 0.5) is 0 Å². The van der Waals surface area contributed by atoms with Crippen molar-refractivity contribution in [1.29, 1.82) is 5.26 Å². The molecule has 0 saturated heterocycles. The largest absolute Gasteiger partial charge is 0.454 e. The van der Waals surface area contributed by atoms with E-state index in [0.717, 1.165) is 27.8 Å². The Balaban J connectivity index is 0.00000199. The van der Waals surface area contributed by atoms with E-state index in [4.69, 9.17) is 38.9 Å². The number of H-pyrrole nitrogens is 1. The van der Waals surface area contributed by atoms with Gasteiger partial charge in [0.15, 0.2) is 5.75 Å². The van der Waals surface area contributed by atoms with Crippen molar-refractivity contribution in [3.8, 4) is 23.3 Å². The number of ether oxygens (including phenoxy) is 1. The molecule has 1 heterocycles. The van der Waals surface area contributed by atoms with Crippen molar-refractivity contribution >= 4 is 28.8 Å². The molecule has 0 fully saturated rings. The molecule has 10 heteroatoms. The summed E-state index contributed by atoms with van der Waals surface area (Å²) in [6, 6.07) is 9.96. The third-order valence-electron chi connectivity index (χ3n) is 4.95. The van der Waals surface area contributed by atoms with Crippen LogP contribution in [0.1, 0.15) is 85.1 Å². The summed E-state index contributed by atoms with van der Waals surface area (Å²) in [5, 5.41) is 13.0. The first kappa shape index (κ1) is 36.6. The van der Waals surface area contributed by atoms with E-state index in [9.17, 15) is 9.59 Å². The van der Waals surface area contributed by atoms with Crippen LogP contribution in [-0.2, 0) is 0 Å².